The van der Waals surface area contributed by atoms with Crippen molar-refractivity contribution in [3.05, 3.63) is 130 Å². The normalized spacial score (nSPS) is 25.2. The Balaban J connectivity index is 1.03. The van der Waals surface area contributed by atoms with Crippen LogP contribution in [0.3, 0.4) is 0 Å². The number of phenolic OH excluding ortho intramolecular Hbond substituents is 1. The van der Waals surface area contributed by atoms with E-state index in [0.29, 0.717) is 30.1 Å². The number of phenols is 1. The third-order valence-electron chi connectivity index (χ3n) is 12.0. The molecule has 4 heteroatoms. The first-order chi connectivity index (χ1) is 23.4. The van der Waals surface area contributed by atoms with Gasteiger partial charge in [-0.05, 0) is 144 Å². The predicted octanol–water partition coefficient (Wildman–Crippen LogP) is 9.49. The van der Waals surface area contributed by atoms with Crippen molar-refractivity contribution in [1.82, 2.24) is 4.90 Å². The van der Waals surface area contributed by atoms with E-state index in [0.717, 1.165) is 57.4 Å². The number of aromatic hydroxyl groups is 1. The quantitative estimate of drug-likeness (QED) is 0.169. The summed E-state index contributed by atoms with van der Waals surface area (Å²) in [6.07, 6.45) is 7.30. The highest BCUT2D eigenvalue weighted by Crippen LogP contribution is 2.61. The predicted molar refractivity (Wildman–Crippen MR) is 196 cm³/mol. The molecule has 0 spiro atoms. The maximum absolute atomic E-state index is 10.9. The zero-order valence-corrected chi connectivity index (χ0v) is 28.9. The first-order valence-corrected chi connectivity index (χ1v) is 18.1. The zero-order chi connectivity index (χ0) is 33.3. The van der Waals surface area contributed by atoms with Crippen LogP contribution < -0.4 is 4.74 Å². The molecule has 0 heterocycles. The zero-order valence-electron chi connectivity index (χ0n) is 28.9. The monoisotopic (exact) mass is 641 g/mol. The molecule has 5 atom stereocenters. The van der Waals surface area contributed by atoms with E-state index in [-0.39, 0.29) is 11.5 Å². The molecule has 0 unspecified atom stereocenters. The van der Waals surface area contributed by atoms with Gasteiger partial charge in [0.1, 0.15) is 18.1 Å². The molecule has 2 fully saturated rings. The largest absolute Gasteiger partial charge is 0.508 e. The van der Waals surface area contributed by atoms with Crippen LogP contribution in [0.5, 0.6) is 11.5 Å². The molecule has 0 bridgehead atoms. The van der Waals surface area contributed by atoms with E-state index in [2.05, 4.69) is 111 Å². The van der Waals surface area contributed by atoms with Crippen LogP contribution >= 0.6 is 0 Å². The van der Waals surface area contributed by atoms with Gasteiger partial charge in [-0.2, -0.15) is 0 Å². The number of hydrogen-bond donors (Lipinski definition) is 2. The molecule has 7 rings (SSSR count). The Morgan fingerprint density at radius 2 is 1.54 bits per heavy atom. The van der Waals surface area contributed by atoms with E-state index in [1.54, 1.807) is 0 Å². The molecule has 4 aromatic carbocycles. The van der Waals surface area contributed by atoms with Crippen molar-refractivity contribution >= 4 is 11.1 Å². The Hall–Kier alpha value is -3.86. The number of benzene rings is 4. The van der Waals surface area contributed by atoms with Crippen molar-refractivity contribution in [1.29, 1.82) is 0 Å². The molecular formula is C44H51NO3. The van der Waals surface area contributed by atoms with Crippen LogP contribution in [0, 0.1) is 17.3 Å². The third-order valence-corrected chi connectivity index (χ3v) is 12.0. The van der Waals surface area contributed by atoms with Gasteiger partial charge in [0.2, 0.25) is 0 Å². The lowest BCUT2D eigenvalue weighted by Gasteiger charge is -2.50. The standard InChI is InChI=1S/C44H51NO3/c1-4-37(30-11-7-5-8-12-30)42(31-13-9-6-10-14-31)32-15-18-36(19-16-32)48-26-25-45(3)29-34-28-35(46)27-33-17-20-38-39(43(33)34)23-24-44(2)40(38)21-22-41(44)47/h5-16,18-19,27-28,38-41,46-47H,4,17,20-26,29H2,1-3H3/b42-37-/t38-,39+,40+,41-,44+/m1/s1. The molecule has 3 aliphatic rings. The molecule has 250 valence electrons. The number of hydrogen-bond acceptors (Lipinski definition) is 4. The summed E-state index contributed by atoms with van der Waals surface area (Å²) in [5, 5.41) is 21.5. The summed E-state index contributed by atoms with van der Waals surface area (Å²) in [5.74, 6) is 3.02. The van der Waals surface area contributed by atoms with E-state index in [1.807, 2.05) is 12.1 Å². The van der Waals surface area contributed by atoms with E-state index in [1.165, 1.54) is 50.9 Å². The highest BCUT2D eigenvalue weighted by Gasteiger charge is 2.54. The average molecular weight is 642 g/mol. The first-order valence-electron chi connectivity index (χ1n) is 18.1. The van der Waals surface area contributed by atoms with Crippen molar-refractivity contribution in [2.45, 2.75) is 77.4 Å². The van der Waals surface area contributed by atoms with Gasteiger partial charge >= 0.3 is 0 Å². The van der Waals surface area contributed by atoms with Crippen LogP contribution in [0.15, 0.2) is 97.1 Å². The fourth-order valence-corrected chi connectivity index (χ4v) is 9.61. The number of aliphatic hydroxyl groups is 1. The summed E-state index contributed by atoms with van der Waals surface area (Å²) in [7, 11) is 2.15. The van der Waals surface area contributed by atoms with Gasteiger partial charge in [-0.3, -0.25) is 4.90 Å². The van der Waals surface area contributed by atoms with E-state index >= 15 is 0 Å². The highest BCUT2D eigenvalue weighted by molar-refractivity contribution is 5.98. The molecule has 2 saturated carbocycles. The Morgan fingerprint density at radius 3 is 2.25 bits per heavy atom. The molecule has 4 nitrogen and oxygen atoms in total. The number of ether oxygens (including phenoxy) is 1. The van der Waals surface area contributed by atoms with Crippen molar-refractivity contribution in [3.63, 3.8) is 0 Å². The topological polar surface area (TPSA) is 52.9 Å². The van der Waals surface area contributed by atoms with Gasteiger partial charge in [0.05, 0.1) is 6.10 Å². The second-order valence-electron chi connectivity index (χ2n) is 14.8. The van der Waals surface area contributed by atoms with Gasteiger partial charge in [0.25, 0.3) is 0 Å². The van der Waals surface area contributed by atoms with E-state index in [4.69, 9.17) is 4.74 Å². The molecule has 0 aromatic heterocycles. The molecule has 4 aromatic rings. The maximum Gasteiger partial charge on any atom is 0.119 e. The summed E-state index contributed by atoms with van der Waals surface area (Å²) in [5.41, 5.74) is 10.4. The lowest BCUT2D eigenvalue weighted by atomic mass is 9.55. The second-order valence-corrected chi connectivity index (χ2v) is 14.8. The fourth-order valence-electron chi connectivity index (χ4n) is 9.61. The minimum atomic E-state index is -0.156. The molecule has 0 saturated heterocycles. The summed E-state index contributed by atoms with van der Waals surface area (Å²) in [4.78, 5) is 2.32. The smallest absolute Gasteiger partial charge is 0.119 e. The lowest BCUT2D eigenvalue weighted by molar-refractivity contribution is -0.0228. The molecule has 3 aliphatic carbocycles. The van der Waals surface area contributed by atoms with Gasteiger partial charge in [-0.15, -0.1) is 0 Å². The first kappa shape index (κ1) is 32.7. The molecular weight excluding hydrogens is 590 g/mol. The van der Waals surface area contributed by atoms with Crippen molar-refractivity contribution < 1.29 is 14.9 Å². The minimum Gasteiger partial charge on any atom is -0.508 e. The Kier molecular flexibility index (Phi) is 9.49. The molecule has 2 N–H and O–H groups in total. The third kappa shape index (κ3) is 6.33. The summed E-state index contributed by atoms with van der Waals surface area (Å²) in [6, 6.07) is 34.0. The summed E-state index contributed by atoms with van der Waals surface area (Å²) in [6.45, 7) is 6.74. The van der Waals surface area contributed by atoms with E-state index < -0.39 is 0 Å². The number of likely N-dealkylation sites (N-methyl/N-ethyl adjacent to an activating group) is 1. The van der Waals surface area contributed by atoms with Gasteiger partial charge in [-0.1, -0.05) is 86.6 Å². The van der Waals surface area contributed by atoms with Crippen LogP contribution in [0.1, 0.15) is 91.7 Å². The van der Waals surface area contributed by atoms with Gasteiger partial charge in [-0.25, -0.2) is 0 Å². The maximum atomic E-state index is 10.9. The number of fused-ring (bicyclic) bond motifs is 5. The fraction of sp³-hybridized carbons (Fsp3) is 0.409. The van der Waals surface area contributed by atoms with Crippen LogP contribution in [0.2, 0.25) is 0 Å². The number of rotatable bonds is 10. The number of nitrogens with zero attached hydrogens (tertiary/aromatic N) is 1. The van der Waals surface area contributed by atoms with Crippen LogP contribution in [0.4, 0.5) is 0 Å². The van der Waals surface area contributed by atoms with Crippen molar-refractivity contribution in [2.75, 3.05) is 20.2 Å². The molecule has 0 radical (unpaired) electrons. The SMILES string of the molecule is CC/C(=C(\c1ccccc1)c1ccc(OCCN(C)Cc2cc(O)cc3c2[C@H]2CC[C@]4(C)[C@H](O)CC[C@H]4[C@@H]2CC3)cc1)c1ccccc1. The molecule has 0 amide bonds. The van der Waals surface area contributed by atoms with Gasteiger partial charge < -0.3 is 14.9 Å². The number of allylic oxidation sites excluding steroid dienone is 1. The van der Waals surface area contributed by atoms with Crippen LogP contribution in [-0.4, -0.2) is 41.4 Å². The van der Waals surface area contributed by atoms with E-state index in [9.17, 15) is 10.2 Å². The minimum absolute atomic E-state index is 0.0711. The summed E-state index contributed by atoms with van der Waals surface area (Å²) >= 11 is 0. The average Bonchev–Trinajstić information content (AvgIpc) is 3.41. The molecule has 48 heavy (non-hydrogen) atoms. The number of aryl methyl sites for hydroxylation is 1. The van der Waals surface area contributed by atoms with Gasteiger partial charge in [0, 0.05) is 13.1 Å². The Labute approximate surface area is 287 Å². The van der Waals surface area contributed by atoms with Crippen LogP contribution in [0.25, 0.3) is 11.1 Å². The van der Waals surface area contributed by atoms with Crippen molar-refractivity contribution in [2.24, 2.45) is 17.3 Å². The second kappa shape index (κ2) is 13.9. The number of aliphatic hydroxyl groups excluding tert-OH is 1. The molecule has 0 aliphatic heterocycles. The lowest BCUT2D eigenvalue weighted by Crippen LogP contribution is -2.44. The summed E-state index contributed by atoms with van der Waals surface area (Å²) < 4.78 is 6.29. The van der Waals surface area contributed by atoms with Crippen LogP contribution in [-0.2, 0) is 13.0 Å². The highest BCUT2D eigenvalue weighted by atomic mass is 16.5. The Morgan fingerprint density at radius 1 is 0.854 bits per heavy atom. The van der Waals surface area contributed by atoms with Gasteiger partial charge in [0.15, 0.2) is 0 Å². The van der Waals surface area contributed by atoms with Crippen molar-refractivity contribution in [3.8, 4) is 11.5 Å². The Bertz CT molecular complexity index is 1730.